The third kappa shape index (κ3) is 4.47. The molecule has 1 fully saturated rings. The van der Waals surface area contributed by atoms with Crippen molar-refractivity contribution in [3.8, 4) is 0 Å². The van der Waals surface area contributed by atoms with Crippen LogP contribution in [0.15, 0.2) is 23.6 Å². The second-order valence-electron chi connectivity index (χ2n) is 4.58. The molecule has 1 atom stereocenters. The van der Waals surface area contributed by atoms with Crippen molar-refractivity contribution in [2.75, 3.05) is 19.8 Å². The summed E-state index contributed by atoms with van der Waals surface area (Å²) in [4.78, 5) is 22.6. The van der Waals surface area contributed by atoms with Crippen LogP contribution in [0, 0.1) is 0 Å². The van der Waals surface area contributed by atoms with Gasteiger partial charge in [0.1, 0.15) is 5.03 Å². The summed E-state index contributed by atoms with van der Waals surface area (Å²) in [5, 5.41) is 3.71. The first-order valence-electron chi connectivity index (χ1n) is 6.72. The van der Waals surface area contributed by atoms with Crippen LogP contribution in [0.5, 0.6) is 0 Å². The molecule has 5 nitrogen and oxygen atoms in total. The maximum absolute atomic E-state index is 12.1. The molecule has 2 heterocycles. The smallest absolute Gasteiger partial charge is 0.234 e. The molecule has 2 rings (SSSR count). The van der Waals surface area contributed by atoms with Crippen molar-refractivity contribution in [3.05, 3.63) is 18.6 Å². The van der Waals surface area contributed by atoms with Crippen LogP contribution in [0.4, 0.5) is 0 Å². The van der Waals surface area contributed by atoms with Crippen LogP contribution in [-0.2, 0) is 4.79 Å². The van der Waals surface area contributed by atoms with Crippen LogP contribution in [0.2, 0.25) is 0 Å². The van der Waals surface area contributed by atoms with Gasteiger partial charge in [0.2, 0.25) is 5.91 Å². The Morgan fingerprint density at radius 3 is 2.89 bits per heavy atom. The molecule has 0 saturated carbocycles. The van der Waals surface area contributed by atoms with Gasteiger partial charge in [-0.15, -0.1) is 0 Å². The highest BCUT2D eigenvalue weighted by atomic mass is 32.2. The summed E-state index contributed by atoms with van der Waals surface area (Å²) >= 11 is 1.48. The Hall–Kier alpha value is -1.14. The maximum atomic E-state index is 12.1. The number of hydrogen-bond donors (Lipinski definition) is 1. The van der Waals surface area contributed by atoms with E-state index in [9.17, 15) is 4.79 Å². The van der Waals surface area contributed by atoms with Crippen LogP contribution in [0.1, 0.15) is 26.2 Å². The van der Waals surface area contributed by atoms with Gasteiger partial charge in [0, 0.05) is 12.4 Å². The Balaban J connectivity index is 1.81. The zero-order valence-electron chi connectivity index (χ0n) is 11.2. The van der Waals surface area contributed by atoms with Crippen molar-refractivity contribution in [1.82, 2.24) is 20.2 Å². The highest BCUT2D eigenvalue weighted by molar-refractivity contribution is 8.00. The minimum atomic E-state index is -0.0979. The number of carbonyl (C=O) groups is 1. The summed E-state index contributed by atoms with van der Waals surface area (Å²) in [6.07, 6.45) is 8.24. The van der Waals surface area contributed by atoms with Crippen LogP contribution in [0.25, 0.3) is 0 Å². The lowest BCUT2D eigenvalue weighted by molar-refractivity contribution is -0.121. The standard InChI is InChI=1S/C13H20N4OS/c1-2-11(19-12-9-14-5-6-15-12)13(18)16-10-17-7-3-4-8-17/h5-6,9,11H,2-4,7-8,10H2,1H3,(H,16,18). The Morgan fingerprint density at radius 1 is 1.47 bits per heavy atom. The molecule has 0 radical (unpaired) electrons. The number of amides is 1. The van der Waals surface area contributed by atoms with Gasteiger partial charge in [-0.2, -0.15) is 0 Å². The van der Waals surface area contributed by atoms with Crippen molar-refractivity contribution < 1.29 is 4.79 Å². The van der Waals surface area contributed by atoms with Gasteiger partial charge >= 0.3 is 0 Å². The normalized spacial score (nSPS) is 17.3. The fourth-order valence-corrected chi connectivity index (χ4v) is 2.95. The van der Waals surface area contributed by atoms with E-state index < -0.39 is 0 Å². The highest BCUT2D eigenvalue weighted by Crippen LogP contribution is 2.22. The summed E-state index contributed by atoms with van der Waals surface area (Å²) in [7, 11) is 0. The Bertz CT molecular complexity index is 395. The van der Waals surface area contributed by atoms with Gasteiger partial charge in [-0.1, -0.05) is 18.7 Å². The third-order valence-electron chi connectivity index (χ3n) is 3.14. The van der Waals surface area contributed by atoms with E-state index in [1.165, 1.54) is 24.6 Å². The predicted octanol–water partition coefficient (Wildman–Crippen LogP) is 1.52. The fraction of sp³-hybridized carbons (Fsp3) is 0.615. The number of thioether (sulfide) groups is 1. The lowest BCUT2D eigenvalue weighted by Gasteiger charge is -2.18. The summed E-state index contributed by atoms with van der Waals surface area (Å²) in [6, 6.07) is 0. The van der Waals surface area contributed by atoms with E-state index >= 15 is 0 Å². The van der Waals surface area contributed by atoms with E-state index in [-0.39, 0.29) is 11.2 Å². The van der Waals surface area contributed by atoms with Crippen molar-refractivity contribution >= 4 is 17.7 Å². The largest absolute Gasteiger partial charge is 0.342 e. The van der Waals surface area contributed by atoms with E-state index in [1.807, 2.05) is 6.92 Å². The number of rotatable bonds is 6. The average molecular weight is 280 g/mol. The SMILES string of the molecule is CCC(Sc1cnccn1)C(=O)NCN1CCCC1. The molecule has 1 unspecified atom stereocenters. The lowest BCUT2D eigenvalue weighted by Crippen LogP contribution is -2.40. The molecule has 1 aliphatic heterocycles. The van der Waals surface area contributed by atoms with Crippen molar-refractivity contribution in [2.24, 2.45) is 0 Å². The van der Waals surface area contributed by atoms with Gasteiger partial charge in [-0.25, -0.2) is 4.98 Å². The average Bonchev–Trinajstić information content (AvgIpc) is 2.96. The molecule has 1 aliphatic rings. The molecule has 1 saturated heterocycles. The first kappa shape index (κ1) is 14.3. The number of likely N-dealkylation sites (tertiary alicyclic amines) is 1. The van der Waals surface area contributed by atoms with Gasteiger partial charge in [-0.3, -0.25) is 14.7 Å². The first-order chi connectivity index (χ1) is 9.29. The van der Waals surface area contributed by atoms with Crippen LogP contribution in [0.3, 0.4) is 0 Å². The molecule has 1 N–H and O–H groups in total. The number of aromatic nitrogens is 2. The molecule has 19 heavy (non-hydrogen) atoms. The molecule has 0 bridgehead atoms. The molecular weight excluding hydrogens is 260 g/mol. The Labute approximate surface area is 118 Å². The summed E-state index contributed by atoms with van der Waals surface area (Å²) in [6.45, 7) is 4.86. The zero-order chi connectivity index (χ0) is 13.5. The van der Waals surface area contributed by atoms with Crippen LogP contribution < -0.4 is 5.32 Å². The van der Waals surface area contributed by atoms with E-state index in [4.69, 9.17) is 0 Å². The van der Waals surface area contributed by atoms with Crippen LogP contribution in [-0.4, -0.2) is 45.8 Å². The molecule has 1 amide bonds. The quantitative estimate of drug-likeness (QED) is 0.801. The molecule has 0 spiro atoms. The van der Waals surface area contributed by atoms with E-state index in [0.717, 1.165) is 24.5 Å². The van der Waals surface area contributed by atoms with Crippen molar-refractivity contribution in [3.63, 3.8) is 0 Å². The highest BCUT2D eigenvalue weighted by Gasteiger charge is 2.19. The van der Waals surface area contributed by atoms with E-state index in [2.05, 4.69) is 20.2 Å². The number of carbonyl (C=O) groups excluding carboxylic acids is 1. The number of hydrogen-bond acceptors (Lipinski definition) is 5. The second kappa shape index (κ2) is 7.45. The third-order valence-corrected chi connectivity index (χ3v) is 4.43. The van der Waals surface area contributed by atoms with Crippen LogP contribution >= 0.6 is 11.8 Å². The molecule has 0 aromatic carbocycles. The minimum absolute atomic E-state index is 0.0880. The molecule has 6 heteroatoms. The van der Waals surface area contributed by atoms with Gasteiger partial charge in [0.25, 0.3) is 0 Å². The first-order valence-corrected chi connectivity index (χ1v) is 7.60. The number of nitrogens with zero attached hydrogens (tertiary/aromatic N) is 3. The monoisotopic (exact) mass is 280 g/mol. The summed E-state index contributed by atoms with van der Waals surface area (Å²) < 4.78 is 0. The summed E-state index contributed by atoms with van der Waals surface area (Å²) in [5.41, 5.74) is 0. The van der Waals surface area contributed by atoms with Gasteiger partial charge in [-0.05, 0) is 32.4 Å². The van der Waals surface area contributed by atoms with Gasteiger partial charge < -0.3 is 5.32 Å². The predicted molar refractivity (Wildman–Crippen MR) is 75.8 cm³/mol. The van der Waals surface area contributed by atoms with E-state index in [1.54, 1.807) is 18.6 Å². The maximum Gasteiger partial charge on any atom is 0.234 e. The second-order valence-corrected chi connectivity index (χ2v) is 5.81. The van der Waals surface area contributed by atoms with Gasteiger partial charge in [0.05, 0.1) is 18.1 Å². The van der Waals surface area contributed by atoms with E-state index in [0.29, 0.717) is 6.67 Å². The Kier molecular flexibility index (Phi) is 5.60. The van der Waals surface area contributed by atoms with Crippen molar-refractivity contribution in [1.29, 1.82) is 0 Å². The van der Waals surface area contributed by atoms with Crippen molar-refractivity contribution in [2.45, 2.75) is 36.5 Å². The molecule has 0 aliphatic carbocycles. The summed E-state index contributed by atoms with van der Waals surface area (Å²) in [5.74, 6) is 0.0880. The molecule has 1 aromatic rings. The molecule has 104 valence electrons. The fourth-order valence-electron chi connectivity index (χ4n) is 2.06. The molecule has 1 aromatic heterocycles. The Morgan fingerprint density at radius 2 is 2.26 bits per heavy atom. The minimum Gasteiger partial charge on any atom is -0.342 e. The number of nitrogens with one attached hydrogen (secondary N) is 1. The zero-order valence-corrected chi connectivity index (χ0v) is 12.0. The van der Waals surface area contributed by atoms with Gasteiger partial charge in [0.15, 0.2) is 0 Å². The topological polar surface area (TPSA) is 58.1 Å². The lowest BCUT2D eigenvalue weighted by atomic mass is 10.3. The molecular formula is C13H20N4OS.